The molecular formula is C17H24N4O3. The van der Waals surface area contributed by atoms with Crippen LogP contribution < -0.4 is 5.32 Å². The van der Waals surface area contributed by atoms with Crippen molar-refractivity contribution in [2.45, 2.75) is 32.3 Å². The van der Waals surface area contributed by atoms with Crippen molar-refractivity contribution in [3.8, 4) is 0 Å². The minimum atomic E-state index is -0.208. The van der Waals surface area contributed by atoms with Crippen LogP contribution in [0.1, 0.15) is 37.2 Å². The molecule has 0 aliphatic carbocycles. The van der Waals surface area contributed by atoms with Crippen LogP contribution in [-0.4, -0.2) is 58.5 Å². The van der Waals surface area contributed by atoms with E-state index in [1.54, 1.807) is 0 Å². The number of carbonyl (C=O) groups excluding carboxylic acids is 2. The van der Waals surface area contributed by atoms with Gasteiger partial charge in [0.1, 0.15) is 11.3 Å². The largest absolute Gasteiger partial charge is 0.371 e. The van der Waals surface area contributed by atoms with Gasteiger partial charge in [-0.2, -0.15) is 0 Å². The second-order valence-corrected chi connectivity index (χ2v) is 7.05. The summed E-state index contributed by atoms with van der Waals surface area (Å²) in [5.74, 6) is 0.324. The van der Waals surface area contributed by atoms with Crippen LogP contribution in [0.2, 0.25) is 0 Å². The number of amides is 2. The van der Waals surface area contributed by atoms with Gasteiger partial charge in [0.2, 0.25) is 5.91 Å². The number of carbonyl (C=O) groups is 2. The number of hydrogen-bond donors (Lipinski definition) is 1. The van der Waals surface area contributed by atoms with Gasteiger partial charge in [-0.1, -0.05) is 13.8 Å². The van der Waals surface area contributed by atoms with Gasteiger partial charge in [-0.15, -0.1) is 0 Å². The zero-order valence-corrected chi connectivity index (χ0v) is 14.2. The van der Waals surface area contributed by atoms with Crippen molar-refractivity contribution in [3.63, 3.8) is 0 Å². The van der Waals surface area contributed by atoms with Crippen molar-refractivity contribution in [1.29, 1.82) is 0 Å². The molecule has 1 atom stereocenters. The lowest BCUT2D eigenvalue weighted by molar-refractivity contribution is -0.190. The third-order valence-electron chi connectivity index (χ3n) is 4.74. The highest BCUT2D eigenvalue weighted by atomic mass is 16.5. The first-order valence-corrected chi connectivity index (χ1v) is 8.46. The van der Waals surface area contributed by atoms with Crippen LogP contribution in [0.4, 0.5) is 0 Å². The fraction of sp³-hybridized carbons (Fsp3) is 0.647. The third kappa shape index (κ3) is 3.56. The predicted molar refractivity (Wildman–Crippen MR) is 87.2 cm³/mol. The van der Waals surface area contributed by atoms with Gasteiger partial charge in [0.05, 0.1) is 25.9 Å². The van der Waals surface area contributed by atoms with Crippen LogP contribution in [0.5, 0.6) is 0 Å². The molecule has 0 radical (unpaired) electrons. The Kier molecular flexibility index (Phi) is 4.80. The summed E-state index contributed by atoms with van der Waals surface area (Å²) in [5, 5.41) is 2.89. The van der Waals surface area contributed by atoms with Crippen molar-refractivity contribution in [3.05, 3.63) is 24.3 Å². The minimum absolute atomic E-state index is 0.0370. The summed E-state index contributed by atoms with van der Waals surface area (Å²) in [7, 11) is 0. The Morgan fingerprint density at radius 2 is 2.21 bits per heavy atom. The number of hydrogen-bond acceptors (Lipinski definition) is 5. The van der Waals surface area contributed by atoms with Gasteiger partial charge >= 0.3 is 0 Å². The van der Waals surface area contributed by atoms with Gasteiger partial charge in [-0.05, 0) is 18.8 Å². The molecule has 24 heavy (non-hydrogen) atoms. The molecule has 130 valence electrons. The van der Waals surface area contributed by atoms with Crippen LogP contribution >= 0.6 is 0 Å². The zero-order chi connectivity index (χ0) is 17.2. The molecule has 1 aromatic rings. The molecule has 2 amide bonds. The standard InChI is InChI=1S/C17H24N4O3/c1-12(2)16(23)21-10-17(11-21)4-3-13(9-24-17)7-20-15(22)14-8-18-5-6-19-14/h5-6,8,12-13H,3-4,7,9-11H2,1-2H3,(H,20,22). The molecular weight excluding hydrogens is 308 g/mol. The molecule has 0 bridgehead atoms. The lowest BCUT2D eigenvalue weighted by atomic mass is 9.82. The van der Waals surface area contributed by atoms with E-state index >= 15 is 0 Å². The Bertz CT molecular complexity index is 589. The first kappa shape index (κ1) is 16.8. The number of nitrogens with one attached hydrogen (secondary N) is 1. The maximum atomic E-state index is 12.0. The molecule has 1 unspecified atom stereocenters. The maximum Gasteiger partial charge on any atom is 0.271 e. The summed E-state index contributed by atoms with van der Waals surface area (Å²) in [6, 6.07) is 0. The van der Waals surface area contributed by atoms with Crippen molar-refractivity contribution >= 4 is 11.8 Å². The highest BCUT2D eigenvalue weighted by Gasteiger charge is 2.48. The van der Waals surface area contributed by atoms with E-state index in [0.717, 1.165) is 12.8 Å². The normalized spacial score (nSPS) is 22.3. The summed E-state index contributed by atoms with van der Waals surface area (Å²) in [4.78, 5) is 33.7. The Balaban J connectivity index is 1.40. The minimum Gasteiger partial charge on any atom is -0.371 e. The molecule has 2 fully saturated rings. The fourth-order valence-corrected chi connectivity index (χ4v) is 3.24. The Labute approximate surface area is 141 Å². The fourth-order valence-electron chi connectivity index (χ4n) is 3.24. The molecule has 2 aliphatic rings. The highest BCUT2D eigenvalue weighted by molar-refractivity contribution is 5.91. The Morgan fingerprint density at radius 1 is 1.42 bits per heavy atom. The van der Waals surface area contributed by atoms with E-state index in [-0.39, 0.29) is 23.3 Å². The van der Waals surface area contributed by atoms with E-state index < -0.39 is 0 Å². The average Bonchev–Trinajstić information content (AvgIpc) is 2.58. The van der Waals surface area contributed by atoms with Crippen LogP contribution in [-0.2, 0) is 9.53 Å². The van der Waals surface area contributed by atoms with Crippen LogP contribution in [0.15, 0.2) is 18.6 Å². The first-order chi connectivity index (χ1) is 11.5. The topological polar surface area (TPSA) is 84.4 Å². The van der Waals surface area contributed by atoms with E-state index in [1.807, 2.05) is 18.7 Å². The summed E-state index contributed by atoms with van der Waals surface area (Å²) in [6.07, 6.45) is 6.42. The zero-order valence-electron chi connectivity index (χ0n) is 14.2. The van der Waals surface area contributed by atoms with E-state index in [1.165, 1.54) is 18.6 Å². The third-order valence-corrected chi connectivity index (χ3v) is 4.74. The van der Waals surface area contributed by atoms with Gasteiger partial charge in [-0.25, -0.2) is 4.98 Å². The van der Waals surface area contributed by atoms with Gasteiger partial charge in [-0.3, -0.25) is 14.6 Å². The number of aromatic nitrogens is 2. The summed E-state index contributed by atoms with van der Waals surface area (Å²) >= 11 is 0. The molecule has 2 saturated heterocycles. The quantitative estimate of drug-likeness (QED) is 0.884. The molecule has 2 aliphatic heterocycles. The molecule has 3 heterocycles. The predicted octanol–water partition coefficient (Wildman–Crippen LogP) is 0.870. The van der Waals surface area contributed by atoms with E-state index in [9.17, 15) is 9.59 Å². The van der Waals surface area contributed by atoms with Crippen LogP contribution in [0.25, 0.3) is 0 Å². The van der Waals surface area contributed by atoms with Gasteiger partial charge in [0, 0.05) is 24.9 Å². The Morgan fingerprint density at radius 3 is 2.79 bits per heavy atom. The number of nitrogens with zero attached hydrogens (tertiary/aromatic N) is 3. The van der Waals surface area contributed by atoms with E-state index in [4.69, 9.17) is 4.74 Å². The summed E-state index contributed by atoms with van der Waals surface area (Å²) < 4.78 is 6.04. The molecule has 0 aromatic carbocycles. The molecule has 3 rings (SSSR count). The molecule has 0 saturated carbocycles. The first-order valence-electron chi connectivity index (χ1n) is 8.46. The Hall–Kier alpha value is -2.02. The number of ether oxygens (including phenoxy) is 1. The van der Waals surface area contributed by atoms with Crippen molar-refractivity contribution in [2.75, 3.05) is 26.2 Å². The molecule has 1 aromatic heterocycles. The molecule has 7 heteroatoms. The molecule has 1 spiro atoms. The van der Waals surface area contributed by atoms with Gasteiger partial charge < -0.3 is 15.0 Å². The number of rotatable bonds is 4. The van der Waals surface area contributed by atoms with Crippen LogP contribution in [0, 0.1) is 11.8 Å². The SMILES string of the molecule is CC(C)C(=O)N1CC2(CCC(CNC(=O)c3cnccn3)CO2)C1. The average molecular weight is 332 g/mol. The molecule has 7 nitrogen and oxygen atoms in total. The van der Waals surface area contributed by atoms with Crippen LogP contribution in [0.3, 0.4) is 0 Å². The van der Waals surface area contributed by atoms with E-state index in [2.05, 4.69) is 15.3 Å². The van der Waals surface area contributed by atoms with Crippen molar-refractivity contribution in [1.82, 2.24) is 20.2 Å². The van der Waals surface area contributed by atoms with Crippen molar-refractivity contribution < 1.29 is 14.3 Å². The summed E-state index contributed by atoms with van der Waals surface area (Å²) in [6.45, 7) is 6.42. The molecule has 1 N–H and O–H groups in total. The number of likely N-dealkylation sites (tertiary alicyclic amines) is 1. The second kappa shape index (κ2) is 6.84. The summed E-state index contributed by atoms with van der Waals surface area (Å²) in [5.41, 5.74) is 0.170. The smallest absolute Gasteiger partial charge is 0.271 e. The van der Waals surface area contributed by atoms with Crippen molar-refractivity contribution in [2.24, 2.45) is 11.8 Å². The maximum absolute atomic E-state index is 12.0. The lowest BCUT2D eigenvalue weighted by Gasteiger charge is -2.53. The van der Waals surface area contributed by atoms with Gasteiger partial charge in [0.15, 0.2) is 0 Å². The van der Waals surface area contributed by atoms with E-state index in [0.29, 0.717) is 37.9 Å². The second-order valence-electron chi connectivity index (χ2n) is 7.05. The van der Waals surface area contributed by atoms with Gasteiger partial charge in [0.25, 0.3) is 5.91 Å². The lowest BCUT2D eigenvalue weighted by Crippen LogP contribution is -2.67. The highest BCUT2D eigenvalue weighted by Crippen LogP contribution is 2.36. The monoisotopic (exact) mass is 332 g/mol.